The van der Waals surface area contributed by atoms with Crippen molar-refractivity contribution in [3.63, 3.8) is 0 Å². The standard InChI is InChI=1S/C26H27FN6O6S2/c27-21-5-7-24(40-21)41(37,38)31-26(36)30-19-3-6-22(29-16-19)33-23(34)15-17-14-18(2-4-20(17)25(33)35)28-8-1-9-32-10-12-39-13-11-32/h2-7,14,16,28H,1,8-13,15H2,(H2,30,31,36). The Bertz CT molecular complexity index is 1560. The van der Waals surface area contributed by atoms with Crippen molar-refractivity contribution in [1.29, 1.82) is 0 Å². The molecule has 12 nitrogen and oxygen atoms in total. The van der Waals surface area contributed by atoms with Gasteiger partial charge in [-0.2, -0.15) is 4.39 Å². The highest BCUT2D eigenvalue weighted by atomic mass is 32.2. The highest BCUT2D eigenvalue weighted by Crippen LogP contribution is 2.27. The Morgan fingerprint density at radius 2 is 1.85 bits per heavy atom. The second-order valence-electron chi connectivity index (χ2n) is 9.34. The number of anilines is 3. The molecule has 2 aromatic heterocycles. The van der Waals surface area contributed by atoms with E-state index in [1.54, 1.807) is 16.9 Å². The molecule has 0 spiro atoms. The lowest BCUT2D eigenvalue weighted by Crippen LogP contribution is -2.43. The molecule has 1 aromatic carbocycles. The number of pyridine rings is 1. The van der Waals surface area contributed by atoms with Gasteiger partial charge in [0.2, 0.25) is 5.91 Å². The zero-order valence-electron chi connectivity index (χ0n) is 21.8. The molecule has 3 aromatic rings. The third-order valence-electron chi connectivity index (χ3n) is 6.49. The monoisotopic (exact) mass is 602 g/mol. The van der Waals surface area contributed by atoms with Crippen molar-refractivity contribution in [3.8, 4) is 0 Å². The fraction of sp³-hybridized carbons (Fsp3) is 0.308. The van der Waals surface area contributed by atoms with Gasteiger partial charge in [-0.05, 0) is 61.0 Å². The summed E-state index contributed by atoms with van der Waals surface area (Å²) in [5.41, 5.74) is 1.96. The van der Waals surface area contributed by atoms with E-state index < -0.39 is 33.0 Å². The maximum Gasteiger partial charge on any atom is 0.333 e. The van der Waals surface area contributed by atoms with Crippen molar-refractivity contribution in [2.24, 2.45) is 0 Å². The summed E-state index contributed by atoms with van der Waals surface area (Å²) in [7, 11) is -4.25. The van der Waals surface area contributed by atoms with Crippen LogP contribution < -0.4 is 20.3 Å². The number of morpholine rings is 1. The fourth-order valence-electron chi connectivity index (χ4n) is 4.49. The van der Waals surface area contributed by atoms with Gasteiger partial charge in [0.1, 0.15) is 10.0 Å². The molecule has 0 atom stereocenters. The number of benzene rings is 1. The molecule has 4 heterocycles. The van der Waals surface area contributed by atoms with Crippen LogP contribution in [0.2, 0.25) is 0 Å². The van der Waals surface area contributed by atoms with Gasteiger partial charge in [0, 0.05) is 30.9 Å². The summed E-state index contributed by atoms with van der Waals surface area (Å²) in [6.07, 6.45) is 2.15. The fourth-order valence-corrected chi connectivity index (χ4v) is 6.40. The third-order valence-corrected chi connectivity index (χ3v) is 9.19. The summed E-state index contributed by atoms with van der Waals surface area (Å²) < 4.78 is 44.3. The van der Waals surface area contributed by atoms with Crippen molar-refractivity contribution < 1.29 is 31.9 Å². The van der Waals surface area contributed by atoms with E-state index in [0.717, 1.165) is 68.5 Å². The maximum absolute atomic E-state index is 13.2. The minimum absolute atomic E-state index is 0.00956. The van der Waals surface area contributed by atoms with Crippen LogP contribution in [0.15, 0.2) is 52.9 Å². The molecule has 2 aliphatic rings. The smallest absolute Gasteiger partial charge is 0.333 e. The number of fused-ring (bicyclic) bond motifs is 1. The number of ether oxygens (including phenoxy) is 1. The van der Waals surface area contributed by atoms with Crippen molar-refractivity contribution in [1.82, 2.24) is 14.6 Å². The lowest BCUT2D eigenvalue weighted by atomic mass is 9.97. The molecule has 0 saturated carbocycles. The van der Waals surface area contributed by atoms with Crippen LogP contribution >= 0.6 is 11.3 Å². The summed E-state index contributed by atoms with van der Waals surface area (Å²) in [6, 6.07) is 8.98. The van der Waals surface area contributed by atoms with Gasteiger partial charge in [0.25, 0.3) is 15.9 Å². The van der Waals surface area contributed by atoms with Crippen LogP contribution in [-0.4, -0.2) is 75.5 Å². The van der Waals surface area contributed by atoms with E-state index in [1.165, 1.54) is 18.3 Å². The van der Waals surface area contributed by atoms with Crippen molar-refractivity contribution in [2.45, 2.75) is 17.1 Å². The molecular formula is C26H27FN6O6S2. The Morgan fingerprint density at radius 3 is 2.56 bits per heavy atom. The van der Waals surface area contributed by atoms with Gasteiger partial charge in [0.05, 0.1) is 31.5 Å². The first kappa shape index (κ1) is 28.6. The summed E-state index contributed by atoms with van der Waals surface area (Å²) >= 11 is 0.379. The molecule has 41 heavy (non-hydrogen) atoms. The van der Waals surface area contributed by atoms with Crippen LogP contribution in [-0.2, 0) is 26.0 Å². The number of nitrogens with one attached hydrogen (secondary N) is 3. The Hall–Kier alpha value is -3.92. The van der Waals surface area contributed by atoms with E-state index in [9.17, 15) is 27.2 Å². The number of carbonyl (C=O) groups excluding carboxylic acids is 3. The molecule has 216 valence electrons. The lowest BCUT2D eigenvalue weighted by Gasteiger charge is -2.27. The second kappa shape index (κ2) is 12.3. The number of thiophene rings is 1. The number of carbonyl (C=O) groups is 3. The zero-order chi connectivity index (χ0) is 29.0. The number of nitrogens with zero attached hydrogens (tertiary/aromatic N) is 3. The average Bonchev–Trinajstić information content (AvgIpc) is 3.39. The number of imide groups is 1. The van der Waals surface area contributed by atoms with Crippen LogP contribution in [0.25, 0.3) is 0 Å². The highest BCUT2D eigenvalue weighted by molar-refractivity contribution is 7.92. The predicted octanol–water partition coefficient (Wildman–Crippen LogP) is 2.66. The highest BCUT2D eigenvalue weighted by Gasteiger charge is 2.33. The van der Waals surface area contributed by atoms with E-state index >= 15 is 0 Å². The largest absolute Gasteiger partial charge is 0.385 e. The SMILES string of the molecule is O=C(Nc1ccc(N2C(=O)Cc3cc(NCCCN4CCOCC4)ccc3C2=O)nc1)NS(=O)(=O)c1ccc(F)s1. The number of amides is 4. The minimum Gasteiger partial charge on any atom is -0.385 e. The van der Waals surface area contributed by atoms with Crippen LogP contribution in [0.3, 0.4) is 0 Å². The lowest BCUT2D eigenvalue weighted by molar-refractivity contribution is -0.117. The average molecular weight is 603 g/mol. The summed E-state index contributed by atoms with van der Waals surface area (Å²) in [6.45, 7) is 5.12. The minimum atomic E-state index is -4.25. The van der Waals surface area contributed by atoms with Gasteiger partial charge in [-0.1, -0.05) is 11.3 Å². The van der Waals surface area contributed by atoms with Crippen molar-refractivity contribution >= 4 is 56.4 Å². The molecule has 0 bridgehead atoms. The van der Waals surface area contributed by atoms with E-state index in [-0.39, 0.29) is 22.1 Å². The van der Waals surface area contributed by atoms with E-state index in [4.69, 9.17) is 4.74 Å². The summed E-state index contributed by atoms with van der Waals surface area (Å²) in [4.78, 5) is 45.7. The van der Waals surface area contributed by atoms with Gasteiger partial charge in [-0.15, -0.1) is 0 Å². The molecule has 2 aliphatic heterocycles. The Balaban J connectivity index is 1.17. The van der Waals surface area contributed by atoms with Gasteiger partial charge in [-0.3, -0.25) is 14.5 Å². The number of urea groups is 1. The van der Waals surface area contributed by atoms with Gasteiger partial charge in [0.15, 0.2) is 5.13 Å². The van der Waals surface area contributed by atoms with Crippen LogP contribution in [0, 0.1) is 5.13 Å². The van der Waals surface area contributed by atoms with Gasteiger partial charge >= 0.3 is 6.03 Å². The van der Waals surface area contributed by atoms with Gasteiger partial charge in [-0.25, -0.2) is 27.8 Å². The number of rotatable bonds is 9. The molecule has 15 heteroatoms. The quantitative estimate of drug-likeness (QED) is 0.248. The van der Waals surface area contributed by atoms with Crippen molar-refractivity contribution in [3.05, 3.63) is 64.9 Å². The molecule has 0 radical (unpaired) electrons. The second-order valence-corrected chi connectivity index (χ2v) is 12.3. The molecule has 1 saturated heterocycles. The third kappa shape index (κ3) is 6.87. The summed E-state index contributed by atoms with van der Waals surface area (Å²) in [5.74, 6) is -0.911. The number of hydrogen-bond donors (Lipinski definition) is 3. The maximum atomic E-state index is 13.2. The van der Waals surface area contributed by atoms with E-state index in [1.807, 2.05) is 6.07 Å². The van der Waals surface area contributed by atoms with E-state index in [2.05, 4.69) is 20.5 Å². The van der Waals surface area contributed by atoms with Gasteiger partial charge < -0.3 is 15.4 Å². The number of aromatic nitrogens is 1. The Morgan fingerprint density at radius 1 is 1.07 bits per heavy atom. The number of sulfonamides is 1. The van der Waals surface area contributed by atoms with Crippen molar-refractivity contribution in [2.75, 3.05) is 54.9 Å². The van der Waals surface area contributed by atoms with Crippen LogP contribution in [0.4, 0.5) is 26.4 Å². The topological polar surface area (TPSA) is 150 Å². The normalized spacial score (nSPS) is 15.9. The molecule has 0 aliphatic carbocycles. The Labute approximate surface area is 239 Å². The number of hydrogen-bond acceptors (Lipinski definition) is 10. The molecule has 4 amide bonds. The zero-order valence-corrected chi connectivity index (χ0v) is 23.4. The molecule has 5 rings (SSSR count). The summed E-state index contributed by atoms with van der Waals surface area (Å²) in [5, 5.41) is 4.95. The predicted molar refractivity (Wildman–Crippen MR) is 150 cm³/mol. The first-order chi connectivity index (χ1) is 19.7. The van der Waals surface area contributed by atoms with E-state index in [0.29, 0.717) is 22.5 Å². The first-order valence-corrected chi connectivity index (χ1v) is 15.1. The van der Waals surface area contributed by atoms with Crippen LogP contribution in [0.5, 0.6) is 0 Å². The molecule has 0 unspecified atom stereocenters. The molecule has 1 fully saturated rings. The molecular weight excluding hydrogens is 575 g/mol. The number of halogens is 1. The Kier molecular flexibility index (Phi) is 8.58. The molecule has 3 N–H and O–H groups in total. The van der Waals surface area contributed by atoms with Crippen LogP contribution in [0.1, 0.15) is 22.3 Å². The first-order valence-electron chi connectivity index (χ1n) is 12.8.